The highest BCUT2D eigenvalue weighted by Crippen LogP contribution is 2.30. The Morgan fingerprint density at radius 3 is 2.26 bits per heavy atom. The largest absolute Gasteiger partial charge is 0.453 e. The summed E-state index contributed by atoms with van der Waals surface area (Å²) in [5, 5.41) is 12.3. The molecule has 1 aromatic carbocycles. The van der Waals surface area contributed by atoms with E-state index < -0.39 is 21.8 Å². The Balaban J connectivity index is 2.16. The Morgan fingerprint density at radius 2 is 1.78 bits per heavy atom. The first-order chi connectivity index (χ1) is 12.6. The Hall–Kier alpha value is -3.26. The molecule has 27 heavy (non-hydrogen) atoms. The Bertz CT molecular complexity index is 1130. The maximum atomic E-state index is 13.1. The highest BCUT2D eigenvalue weighted by Gasteiger charge is 2.37. The molecular weight excluding hydrogens is 383 g/mol. The van der Waals surface area contributed by atoms with Crippen LogP contribution in [-0.4, -0.2) is 34.4 Å². The van der Waals surface area contributed by atoms with Gasteiger partial charge in [-0.1, -0.05) is 0 Å². The van der Waals surface area contributed by atoms with Gasteiger partial charge in [0.05, 0.1) is 16.5 Å². The quantitative estimate of drug-likeness (QED) is 0.678. The van der Waals surface area contributed by atoms with Crippen LogP contribution in [0.15, 0.2) is 47.5 Å². The summed E-state index contributed by atoms with van der Waals surface area (Å²) in [4.78, 5) is 7.35. The number of pyridine rings is 1. The maximum absolute atomic E-state index is 13.1. The minimum Gasteiger partial charge on any atom is -0.236 e. The zero-order valence-electron chi connectivity index (χ0n) is 13.6. The van der Waals surface area contributed by atoms with Crippen molar-refractivity contribution >= 4 is 9.84 Å². The summed E-state index contributed by atoms with van der Waals surface area (Å²) in [5.41, 5.74) is 0.613. The third-order valence-corrected chi connectivity index (χ3v) is 4.60. The molecular formula is C16H10F3N5O2S. The van der Waals surface area contributed by atoms with Gasteiger partial charge in [-0.25, -0.2) is 18.4 Å². The van der Waals surface area contributed by atoms with E-state index in [1.54, 1.807) is 0 Å². The molecule has 0 aliphatic carbocycles. The summed E-state index contributed by atoms with van der Waals surface area (Å²) in [5.74, 6) is -1.55. The molecule has 138 valence electrons. The van der Waals surface area contributed by atoms with Crippen molar-refractivity contribution in [2.45, 2.75) is 11.1 Å². The number of aromatic nitrogens is 4. The molecule has 11 heteroatoms. The van der Waals surface area contributed by atoms with E-state index in [0.717, 1.165) is 17.1 Å². The van der Waals surface area contributed by atoms with Gasteiger partial charge in [0.2, 0.25) is 0 Å². The summed E-state index contributed by atoms with van der Waals surface area (Å²) < 4.78 is 63.1. The lowest BCUT2D eigenvalue weighted by atomic mass is 10.1. The van der Waals surface area contributed by atoms with Crippen LogP contribution in [0.4, 0.5) is 13.2 Å². The molecule has 0 amide bonds. The molecule has 0 radical (unpaired) electrons. The van der Waals surface area contributed by atoms with E-state index in [4.69, 9.17) is 5.26 Å². The summed E-state index contributed by atoms with van der Waals surface area (Å²) in [6.07, 6.45) is -2.76. The van der Waals surface area contributed by atoms with Gasteiger partial charge in [-0.2, -0.15) is 23.1 Å². The van der Waals surface area contributed by atoms with Gasteiger partial charge < -0.3 is 0 Å². The van der Waals surface area contributed by atoms with Crippen molar-refractivity contribution < 1.29 is 21.6 Å². The van der Waals surface area contributed by atoms with Crippen molar-refractivity contribution in [3.63, 3.8) is 0 Å². The molecule has 2 aromatic heterocycles. The molecule has 3 aromatic rings. The third-order valence-electron chi connectivity index (χ3n) is 3.50. The van der Waals surface area contributed by atoms with E-state index in [2.05, 4.69) is 15.1 Å². The van der Waals surface area contributed by atoms with Gasteiger partial charge in [-0.3, -0.25) is 0 Å². The summed E-state index contributed by atoms with van der Waals surface area (Å²) >= 11 is 0. The van der Waals surface area contributed by atoms with E-state index in [1.807, 2.05) is 6.07 Å². The van der Waals surface area contributed by atoms with Crippen LogP contribution in [0.2, 0.25) is 0 Å². The molecule has 3 rings (SSSR count). The van der Waals surface area contributed by atoms with Crippen LogP contribution in [-0.2, 0) is 16.0 Å². The lowest BCUT2D eigenvalue weighted by Crippen LogP contribution is -2.09. The molecule has 0 fully saturated rings. The van der Waals surface area contributed by atoms with Crippen molar-refractivity contribution in [3.05, 3.63) is 54.0 Å². The Labute approximate surface area is 151 Å². The van der Waals surface area contributed by atoms with Gasteiger partial charge >= 0.3 is 6.18 Å². The zero-order chi connectivity index (χ0) is 19.8. The second-order valence-corrected chi connectivity index (χ2v) is 7.50. The van der Waals surface area contributed by atoms with Gasteiger partial charge in [-0.05, 0) is 36.4 Å². The smallest absolute Gasteiger partial charge is 0.236 e. The van der Waals surface area contributed by atoms with Crippen LogP contribution < -0.4 is 0 Å². The maximum Gasteiger partial charge on any atom is 0.453 e. The molecule has 7 nitrogen and oxygen atoms in total. The lowest BCUT2D eigenvalue weighted by Gasteiger charge is -2.06. The van der Waals surface area contributed by atoms with E-state index in [-0.39, 0.29) is 22.1 Å². The first-order valence-corrected chi connectivity index (χ1v) is 9.20. The minimum absolute atomic E-state index is 0.0373. The predicted octanol–water partition coefficient (Wildman–Crippen LogP) is 2.62. The predicted molar refractivity (Wildman–Crippen MR) is 87.4 cm³/mol. The van der Waals surface area contributed by atoms with Crippen LogP contribution in [0.5, 0.6) is 0 Å². The number of nitriles is 1. The number of rotatable bonds is 3. The Kier molecular flexibility index (Phi) is 4.44. The van der Waals surface area contributed by atoms with Crippen molar-refractivity contribution in [2.75, 3.05) is 6.26 Å². The highest BCUT2D eigenvalue weighted by atomic mass is 32.2. The van der Waals surface area contributed by atoms with E-state index >= 15 is 0 Å². The number of halogens is 3. The second kappa shape index (κ2) is 6.48. The summed E-state index contributed by atoms with van der Waals surface area (Å²) in [6.45, 7) is 0. The van der Waals surface area contributed by atoms with Gasteiger partial charge in [0.15, 0.2) is 21.5 Å². The fraction of sp³-hybridized carbons (Fsp3) is 0.125. The first-order valence-electron chi connectivity index (χ1n) is 7.31. The molecule has 0 saturated carbocycles. The topological polar surface area (TPSA) is 102 Å². The second-order valence-electron chi connectivity index (χ2n) is 5.48. The molecule has 0 aliphatic heterocycles. The number of hydrogen-bond donors (Lipinski definition) is 0. The van der Waals surface area contributed by atoms with Gasteiger partial charge in [0.25, 0.3) is 5.82 Å². The van der Waals surface area contributed by atoms with E-state index in [1.165, 1.54) is 36.4 Å². The first kappa shape index (κ1) is 18.5. The molecule has 0 aliphatic rings. The van der Waals surface area contributed by atoms with Crippen LogP contribution in [0.3, 0.4) is 0 Å². The minimum atomic E-state index is -4.78. The van der Waals surface area contributed by atoms with E-state index in [9.17, 15) is 21.6 Å². The Morgan fingerprint density at radius 1 is 1.11 bits per heavy atom. The number of benzene rings is 1. The third kappa shape index (κ3) is 3.80. The SMILES string of the molecule is CS(=O)(=O)c1ccc(-n2nc(C(F)(F)F)nc2-c2ccc(C#N)cc2)nc1. The molecule has 0 N–H and O–H groups in total. The zero-order valence-corrected chi connectivity index (χ0v) is 14.5. The normalized spacial score (nSPS) is 12.0. The van der Waals surface area contributed by atoms with Crippen molar-refractivity contribution in [1.29, 1.82) is 5.26 Å². The molecule has 2 heterocycles. The van der Waals surface area contributed by atoms with Crippen LogP contribution in [0, 0.1) is 11.3 Å². The molecule has 0 spiro atoms. The lowest BCUT2D eigenvalue weighted by molar-refractivity contribution is -0.144. The highest BCUT2D eigenvalue weighted by molar-refractivity contribution is 7.90. The van der Waals surface area contributed by atoms with Crippen LogP contribution >= 0.6 is 0 Å². The fourth-order valence-electron chi connectivity index (χ4n) is 2.19. The number of alkyl halides is 3. The van der Waals surface area contributed by atoms with Gasteiger partial charge in [0.1, 0.15) is 0 Å². The van der Waals surface area contributed by atoms with Gasteiger partial charge in [0, 0.05) is 18.0 Å². The molecule has 0 bridgehead atoms. The number of hydrogen-bond acceptors (Lipinski definition) is 6. The van der Waals surface area contributed by atoms with Crippen molar-refractivity contribution in [2.24, 2.45) is 0 Å². The number of sulfone groups is 1. The van der Waals surface area contributed by atoms with Crippen molar-refractivity contribution in [3.8, 4) is 23.3 Å². The standard InChI is InChI=1S/C16H10F3N5O2S/c1-27(25,26)12-6-7-13(21-9-12)24-14(22-15(23-24)16(17,18)19)11-4-2-10(8-20)3-5-11/h2-7,9H,1H3. The average Bonchev–Trinajstić information content (AvgIpc) is 3.07. The average molecular weight is 393 g/mol. The van der Waals surface area contributed by atoms with Crippen molar-refractivity contribution in [1.82, 2.24) is 19.7 Å². The van der Waals surface area contributed by atoms with Crippen LogP contribution in [0.25, 0.3) is 17.2 Å². The van der Waals surface area contributed by atoms with Gasteiger partial charge in [-0.15, -0.1) is 5.10 Å². The summed E-state index contributed by atoms with van der Waals surface area (Å²) in [7, 11) is -3.51. The monoisotopic (exact) mass is 393 g/mol. The molecule has 0 atom stereocenters. The van der Waals surface area contributed by atoms with E-state index in [0.29, 0.717) is 5.56 Å². The molecule has 0 unspecified atom stereocenters. The van der Waals surface area contributed by atoms with Crippen LogP contribution in [0.1, 0.15) is 11.4 Å². The summed E-state index contributed by atoms with van der Waals surface area (Å²) in [6, 6.07) is 10.1. The fourth-order valence-corrected chi connectivity index (χ4v) is 2.75. The molecule has 0 saturated heterocycles. The number of nitrogens with zero attached hydrogens (tertiary/aromatic N) is 5.